The summed E-state index contributed by atoms with van der Waals surface area (Å²) in [4.78, 5) is 11.3. The van der Waals surface area contributed by atoms with E-state index in [1.807, 2.05) is 13.8 Å². The summed E-state index contributed by atoms with van der Waals surface area (Å²) in [5.41, 5.74) is -0.134. The minimum absolute atomic E-state index is 0.0235. The van der Waals surface area contributed by atoms with Crippen molar-refractivity contribution in [2.24, 2.45) is 13.0 Å². The summed E-state index contributed by atoms with van der Waals surface area (Å²) in [5.74, 6) is -0.786. The van der Waals surface area contributed by atoms with E-state index in [9.17, 15) is 9.90 Å². The van der Waals surface area contributed by atoms with Gasteiger partial charge in [-0.05, 0) is 18.9 Å². The third-order valence-corrected chi connectivity index (χ3v) is 2.95. The van der Waals surface area contributed by atoms with Gasteiger partial charge in [0.05, 0.1) is 5.69 Å². The summed E-state index contributed by atoms with van der Waals surface area (Å²) in [6, 6.07) is 1.76. The summed E-state index contributed by atoms with van der Waals surface area (Å²) in [7, 11) is 1.76. The predicted molar refractivity (Wildman–Crippen MR) is 53.0 cm³/mol. The van der Waals surface area contributed by atoms with E-state index in [2.05, 4.69) is 5.10 Å². The Kier molecular flexibility index (Phi) is 2.64. The molecule has 1 rings (SSSR count). The van der Waals surface area contributed by atoms with Crippen LogP contribution in [0.1, 0.15) is 26.5 Å². The molecule has 0 aliphatic carbocycles. The first-order valence-corrected chi connectivity index (χ1v) is 4.62. The predicted octanol–water partition coefficient (Wildman–Crippen LogP) is 1.42. The van der Waals surface area contributed by atoms with E-state index in [4.69, 9.17) is 0 Å². The molecule has 1 unspecified atom stereocenters. The standard InChI is InChI=1S/C10H16N2O2/c1-7(2)10(3,9(13)14)8-5-6-11-12(8)4/h5-7H,1-4H3,(H,13,14). The molecule has 0 aliphatic heterocycles. The van der Waals surface area contributed by atoms with Crippen molar-refractivity contribution in [1.29, 1.82) is 0 Å². The first-order valence-electron chi connectivity index (χ1n) is 4.62. The smallest absolute Gasteiger partial charge is 0.315 e. The fourth-order valence-electron chi connectivity index (χ4n) is 1.54. The highest BCUT2D eigenvalue weighted by Gasteiger charge is 2.40. The van der Waals surface area contributed by atoms with Crippen LogP contribution in [0.25, 0.3) is 0 Å². The van der Waals surface area contributed by atoms with E-state index >= 15 is 0 Å². The van der Waals surface area contributed by atoms with E-state index in [1.54, 1.807) is 30.9 Å². The Hall–Kier alpha value is -1.32. The second kappa shape index (κ2) is 3.44. The Morgan fingerprint density at radius 3 is 2.50 bits per heavy atom. The third kappa shape index (κ3) is 1.41. The Morgan fingerprint density at radius 1 is 1.64 bits per heavy atom. The Morgan fingerprint density at radius 2 is 2.21 bits per heavy atom. The monoisotopic (exact) mass is 196 g/mol. The molecule has 1 aromatic rings. The van der Waals surface area contributed by atoms with E-state index in [1.165, 1.54) is 0 Å². The number of aromatic nitrogens is 2. The molecule has 1 atom stereocenters. The molecule has 0 aliphatic rings. The van der Waals surface area contributed by atoms with Gasteiger partial charge in [0.15, 0.2) is 0 Å². The lowest BCUT2D eigenvalue weighted by Gasteiger charge is -2.28. The Bertz CT molecular complexity index is 344. The molecule has 0 bridgehead atoms. The fraction of sp³-hybridized carbons (Fsp3) is 0.600. The molecule has 0 amide bonds. The van der Waals surface area contributed by atoms with Crippen molar-refractivity contribution in [3.05, 3.63) is 18.0 Å². The Balaban J connectivity index is 3.26. The average Bonchev–Trinajstić information content (AvgIpc) is 2.49. The molecule has 1 aromatic heterocycles. The molecule has 78 valence electrons. The lowest BCUT2D eigenvalue weighted by Crippen LogP contribution is -2.39. The molecule has 4 nitrogen and oxygen atoms in total. The second-order valence-corrected chi connectivity index (χ2v) is 4.00. The summed E-state index contributed by atoms with van der Waals surface area (Å²) < 4.78 is 1.62. The van der Waals surface area contributed by atoms with Crippen molar-refractivity contribution in [3.8, 4) is 0 Å². The van der Waals surface area contributed by atoms with Gasteiger partial charge in [-0.2, -0.15) is 5.10 Å². The van der Waals surface area contributed by atoms with Crippen LogP contribution in [0.3, 0.4) is 0 Å². The zero-order valence-electron chi connectivity index (χ0n) is 8.98. The van der Waals surface area contributed by atoms with Crippen LogP contribution in [0.4, 0.5) is 0 Å². The number of hydrogen-bond donors (Lipinski definition) is 1. The largest absolute Gasteiger partial charge is 0.481 e. The van der Waals surface area contributed by atoms with Crippen LogP contribution in [-0.2, 0) is 17.3 Å². The molecule has 14 heavy (non-hydrogen) atoms. The van der Waals surface area contributed by atoms with Crippen LogP contribution in [-0.4, -0.2) is 20.9 Å². The number of rotatable bonds is 3. The first-order chi connectivity index (χ1) is 6.40. The average molecular weight is 196 g/mol. The minimum Gasteiger partial charge on any atom is -0.481 e. The molecule has 4 heteroatoms. The number of hydrogen-bond acceptors (Lipinski definition) is 2. The summed E-state index contributed by atoms with van der Waals surface area (Å²) in [5, 5.41) is 13.3. The molecular weight excluding hydrogens is 180 g/mol. The SMILES string of the molecule is CC(C)C(C)(C(=O)O)c1ccnn1C. The van der Waals surface area contributed by atoms with Crippen molar-refractivity contribution in [2.45, 2.75) is 26.2 Å². The molecule has 0 aromatic carbocycles. The van der Waals surface area contributed by atoms with Gasteiger partial charge in [0.2, 0.25) is 0 Å². The number of carboxylic acids is 1. The fourth-order valence-corrected chi connectivity index (χ4v) is 1.54. The lowest BCUT2D eigenvalue weighted by molar-refractivity contribution is -0.145. The van der Waals surface area contributed by atoms with Crippen LogP contribution >= 0.6 is 0 Å². The Labute approximate surface area is 83.5 Å². The van der Waals surface area contributed by atoms with E-state index in [0.29, 0.717) is 0 Å². The van der Waals surface area contributed by atoms with Gasteiger partial charge in [0.1, 0.15) is 5.41 Å². The van der Waals surface area contributed by atoms with Crippen LogP contribution in [0, 0.1) is 5.92 Å². The van der Waals surface area contributed by atoms with Crippen LogP contribution in [0.15, 0.2) is 12.3 Å². The van der Waals surface area contributed by atoms with E-state index in [0.717, 1.165) is 5.69 Å². The van der Waals surface area contributed by atoms with Gasteiger partial charge in [-0.1, -0.05) is 13.8 Å². The zero-order chi connectivity index (χ0) is 10.9. The lowest BCUT2D eigenvalue weighted by atomic mass is 9.76. The van der Waals surface area contributed by atoms with Crippen LogP contribution < -0.4 is 0 Å². The van der Waals surface area contributed by atoms with Crippen molar-refractivity contribution in [1.82, 2.24) is 9.78 Å². The van der Waals surface area contributed by atoms with Crippen molar-refractivity contribution < 1.29 is 9.90 Å². The highest BCUT2D eigenvalue weighted by molar-refractivity contribution is 5.80. The van der Waals surface area contributed by atoms with Crippen LogP contribution in [0.2, 0.25) is 0 Å². The number of carboxylic acid groups (broad SMARTS) is 1. The van der Waals surface area contributed by atoms with Crippen LogP contribution in [0.5, 0.6) is 0 Å². The quantitative estimate of drug-likeness (QED) is 0.795. The number of nitrogens with zero attached hydrogens (tertiary/aromatic N) is 2. The van der Waals surface area contributed by atoms with Gasteiger partial charge < -0.3 is 5.11 Å². The maximum Gasteiger partial charge on any atom is 0.315 e. The van der Waals surface area contributed by atoms with E-state index < -0.39 is 11.4 Å². The number of carbonyl (C=O) groups is 1. The molecule has 0 saturated heterocycles. The molecule has 1 heterocycles. The third-order valence-electron chi connectivity index (χ3n) is 2.95. The molecule has 0 fully saturated rings. The van der Waals surface area contributed by atoms with Crippen molar-refractivity contribution >= 4 is 5.97 Å². The van der Waals surface area contributed by atoms with Gasteiger partial charge >= 0.3 is 5.97 Å². The van der Waals surface area contributed by atoms with Gasteiger partial charge in [-0.15, -0.1) is 0 Å². The normalized spacial score (nSPS) is 15.5. The first kappa shape index (κ1) is 10.8. The number of aryl methyl sites for hydroxylation is 1. The molecule has 0 spiro atoms. The second-order valence-electron chi connectivity index (χ2n) is 4.00. The highest BCUT2D eigenvalue weighted by atomic mass is 16.4. The summed E-state index contributed by atoms with van der Waals surface area (Å²) in [6.45, 7) is 5.54. The van der Waals surface area contributed by atoms with Gasteiger partial charge in [0.25, 0.3) is 0 Å². The molecular formula is C10H16N2O2. The molecule has 0 saturated carbocycles. The maximum absolute atomic E-state index is 11.3. The molecule has 0 radical (unpaired) electrons. The highest BCUT2D eigenvalue weighted by Crippen LogP contribution is 2.31. The summed E-state index contributed by atoms with van der Waals surface area (Å²) in [6.07, 6.45) is 1.62. The van der Waals surface area contributed by atoms with E-state index in [-0.39, 0.29) is 5.92 Å². The van der Waals surface area contributed by atoms with Gasteiger partial charge in [-0.25, -0.2) is 0 Å². The molecule has 1 N–H and O–H groups in total. The minimum atomic E-state index is -0.870. The zero-order valence-corrected chi connectivity index (χ0v) is 8.98. The maximum atomic E-state index is 11.3. The van der Waals surface area contributed by atoms with Gasteiger partial charge in [0, 0.05) is 13.2 Å². The topological polar surface area (TPSA) is 55.1 Å². The van der Waals surface area contributed by atoms with Gasteiger partial charge in [-0.3, -0.25) is 9.48 Å². The summed E-state index contributed by atoms with van der Waals surface area (Å²) >= 11 is 0. The number of aliphatic carboxylic acids is 1. The van der Waals surface area contributed by atoms with Crippen molar-refractivity contribution in [3.63, 3.8) is 0 Å². The van der Waals surface area contributed by atoms with Crippen molar-refractivity contribution in [2.75, 3.05) is 0 Å².